The van der Waals surface area contributed by atoms with E-state index in [9.17, 15) is 4.79 Å². The molecule has 2 rings (SSSR count). The fraction of sp³-hybridized carbons (Fsp3) is 0.421. The fourth-order valence-electron chi connectivity index (χ4n) is 2.86. The summed E-state index contributed by atoms with van der Waals surface area (Å²) in [6, 6.07) is 14.7. The van der Waals surface area contributed by atoms with E-state index in [2.05, 4.69) is 44.2 Å². The van der Waals surface area contributed by atoms with E-state index in [1.54, 1.807) is 0 Å². The van der Waals surface area contributed by atoms with Crippen molar-refractivity contribution in [2.45, 2.75) is 46.0 Å². The summed E-state index contributed by atoms with van der Waals surface area (Å²) in [5, 5.41) is 2.46. The van der Waals surface area contributed by atoms with Crippen LogP contribution in [0.2, 0.25) is 0 Å². The highest BCUT2D eigenvalue weighted by atomic mass is 16.1. The maximum absolute atomic E-state index is 12.4. The van der Waals surface area contributed by atoms with Gasteiger partial charge in [0.1, 0.15) is 5.78 Å². The number of carbonyl (C=O) groups is 1. The second-order valence-corrected chi connectivity index (χ2v) is 5.60. The summed E-state index contributed by atoms with van der Waals surface area (Å²) in [7, 11) is 0. The van der Waals surface area contributed by atoms with E-state index in [4.69, 9.17) is 0 Å². The minimum Gasteiger partial charge on any atom is -0.299 e. The molecule has 0 bridgehead atoms. The van der Waals surface area contributed by atoms with Crippen LogP contribution in [0.1, 0.15) is 45.1 Å². The summed E-state index contributed by atoms with van der Waals surface area (Å²) in [6.45, 7) is 4.32. The van der Waals surface area contributed by atoms with Crippen molar-refractivity contribution in [3.05, 3.63) is 48.0 Å². The molecule has 0 amide bonds. The molecule has 0 aliphatic rings. The third-order valence-electron chi connectivity index (χ3n) is 3.92. The Hall–Kier alpha value is -1.63. The minimum atomic E-state index is 0.247. The quantitative estimate of drug-likeness (QED) is 0.677. The predicted octanol–water partition coefficient (Wildman–Crippen LogP) is 5.17. The van der Waals surface area contributed by atoms with E-state index in [-0.39, 0.29) is 5.92 Å². The molecule has 0 saturated carbocycles. The number of ketones is 1. The average Bonchev–Trinajstić information content (AvgIpc) is 2.47. The average molecular weight is 268 g/mol. The molecule has 0 spiro atoms. The molecule has 0 saturated heterocycles. The van der Waals surface area contributed by atoms with E-state index in [1.807, 2.05) is 12.1 Å². The number of rotatable bonds is 7. The zero-order chi connectivity index (χ0) is 14.4. The minimum absolute atomic E-state index is 0.247. The molecule has 0 radical (unpaired) electrons. The molecule has 2 aromatic rings. The molecular formula is C19H24O. The lowest BCUT2D eigenvalue weighted by Crippen LogP contribution is -2.16. The summed E-state index contributed by atoms with van der Waals surface area (Å²) in [6.07, 6.45) is 4.82. The van der Waals surface area contributed by atoms with E-state index >= 15 is 0 Å². The van der Waals surface area contributed by atoms with E-state index in [0.717, 1.165) is 31.2 Å². The number of hydrogen-bond donors (Lipinski definition) is 0. The van der Waals surface area contributed by atoms with Gasteiger partial charge in [-0.1, -0.05) is 69.2 Å². The van der Waals surface area contributed by atoms with Gasteiger partial charge in [-0.15, -0.1) is 0 Å². The summed E-state index contributed by atoms with van der Waals surface area (Å²) in [5.41, 5.74) is 1.14. The van der Waals surface area contributed by atoms with Crippen LogP contribution in [0.25, 0.3) is 10.8 Å². The van der Waals surface area contributed by atoms with Crippen LogP contribution in [0.4, 0.5) is 0 Å². The van der Waals surface area contributed by atoms with Crippen molar-refractivity contribution in [3.8, 4) is 0 Å². The molecule has 0 heterocycles. The highest BCUT2D eigenvalue weighted by Gasteiger charge is 2.16. The van der Waals surface area contributed by atoms with Crippen LogP contribution in [0.15, 0.2) is 42.5 Å². The molecule has 0 fully saturated rings. The van der Waals surface area contributed by atoms with Crippen LogP contribution in [0.3, 0.4) is 0 Å². The standard InChI is InChI=1S/C19H24O/c1-3-7-17(8-4-2)19(20)14-15-11-12-16-9-5-6-10-18(16)13-15/h5-6,9-13,17H,3-4,7-8,14H2,1-2H3. The van der Waals surface area contributed by atoms with Gasteiger partial charge in [-0.3, -0.25) is 4.79 Å². The van der Waals surface area contributed by atoms with Gasteiger partial charge in [0.05, 0.1) is 0 Å². The van der Waals surface area contributed by atoms with E-state index < -0.39 is 0 Å². The fourth-order valence-corrected chi connectivity index (χ4v) is 2.86. The molecule has 20 heavy (non-hydrogen) atoms. The molecule has 1 nitrogen and oxygen atoms in total. The molecule has 0 atom stereocenters. The summed E-state index contributed by atoms with van der Waals surface area (Å²) in [4.78, 5) is 12.4. The first-order chi connectivity index (χ1) is 9.74. The Bertz CT molecular complexity index is 565. The molecule has 0 aliphatic carbocycles. The Morgan fingerprint density at radius 1 is 0.950 bits per heavy atom. The summed E-state index contributed by atoms with van der Waals surface area (Å²) in [5.74, 6) is 0.653. The van der Waals surface area contributed by atoms with Crippen molar-refractivity contribution < 1.29 is 4.79 Å². The highest BCUT2D eigenvalue weighted by Crippen LogP contribution is 2.20. The monoisotopic (exact) mass is 268 g/mol. The molecule has 0 aromatic heterocycles. The largest absolute Gasteiger partial charge is 0.299 e. The first kappa shape index (κ1) is 14.8. The van der Waals surface area contributed by atoms with Crippen molar-refractivity contribution in [1.82, 2.24) is 0 Å². The second kappa shape index (κ2) is 7.23. The molecule has 1 heteroatoms. The van der Waals surface area contributed by atoms with Crippen LogP contribution in [0.5, 0.6) is 0 Å². The van der Waals surface area contributed by atoms with Gasteiger partial charge in [0.15, 0.2) is 0 Å². The van der Waals surface area contributed by atoms with Crippen LogP contribution in [-0.2, 0) is 11.2 Å². The number of fused-ring (bicyclic) bond motifs is 1. The number of carbonyl (C=O) groups excluding carboxylic acids is 1. The number of Topliss-reactive ketones (excluding diaryl/α,β-unsaturated/α-hetero) is 1. The van der Waals surface area contributed by atoms with E-state index in [0.29, 0.717) is 12.2 Å². The lowest BCUT2D eigenvalue weighted by Gasteiger charge is -2.14. The smallest absolute Gasteiger partial charge is 0.140 e. The van der Waals surface area contributed by atoms with Crippen molar-refractivity contribution in [1.29, 1.82) is 0 Å². The molecule has 0 N–H and O–H groups in total. The Kier molecular flexibility index (Phi) is 5.34. The van der Waals surface area contributed by atoms with Gasteiger partial charge < -0.3 is 0 Å². The van der Waals surface area contributed by atoms with Crippen LogP contribution in [-0.4, -0.2) is 5.78 Å². The zero-order valence-electron chi connectivity index (χ0n) is 12.6. The first-order valence-electron chi connectivity index (χ1n) is 7.75. The van der Waals surface area contributed by atoms with Crippen molar-refractivity contribution in [2.75, 3.05) is 0 Å². The second-order valence-electron chi connectivity index (χ2n) is 5.60. The van der Waals surface area contributed by atoms with Gasteiger partial charge >= 0.3 is 0 Å². The van der Waals surface area contributed by atoms with Crippen molar-refractivity contribution in [3.63, 3.8) is 0 Å². The summed E-state index contributed by atoms with van der Waals surface area (Å²) >= 11 is 0. The molecule has 2 aromatic carbocycles. The van der Waals surface area contributed by atoms with E-state index in [1.165, 1.54) is 10.8 Å². The predicted molar refractivity (Wildman–Crippen MR) is 86.0 cm³/mol. The van der Waals surface area contributed by atoms with Crippen molar-refractivity contribution >= 4 is 16.6 Å². The topological polar surface area (TPSA) is 17.1 Å². The molecule has 0 aliphatic heterocycles. The lowest BCUT2D eigenvalue weighted by atomic mass is 9.90. The van der Waals surface area contributed by atoms with Gasteiger partial charge in [0.2, 0.25) is 0 Å². The van der Waals surface area contributed by atoms with Gasteiger partial charge in [0, 0.05) is 12.3 Å². The normalized spacial score (nSPS) is 11.2. The maximum atomic E-state index is 12.4. The van der Waals surface area contributed by atoms with Gasteiger partial charge in [-0.2, -0.15) is 0 Å². The molecule has 106 valence electrons. The lowest BCUT2D eigenvalue weighted by molar-refractivity contribution is -0.122. The summed E-state index contributed by atoms with van der Waals surface area (Å²) < 4.78 is 0. The Balaban J connectivity index is 2.11. The SMILES string of the molecule is CCCC(CCC)C(=O)Cc1ccc2ccccc2c1. The van der Waals surface area contributed by atoms with Gasteiger partial charge in [-0.05, 0) is 29.2 Å². The first-order valence-corrected chi connectivity index (χ1v) is 7.75. The third kappa shape index (κ3) is 3.69. The van der Waals surface area contributed by atoms with Gasteiger partial charge in [-0.25, -0.2) is 0 Å². The Morgan fingerprint density at radius 2 is 1.60 bits per heavy atom. The van der Waals surface area contributed by atoms with Crippen molar-refractivity contribution in [2.24, 2.45) is 5.92 Å². The van der Waals surface area contributed by atoms with Crippen LogP contribution >= 0.6 is 0 Å². The van der Waals surface area contributed by atoms with Gasteiger partial charge in [0.25, 0.3) is 0 Å². The molecule has 0 unspecified atom stereocenters. The maximum Gasteiger partial charge on any atom is 0.140 e. The third-order valence-corrected chi connectivity index (χ3v) is 3.92. The number of hydrogen-bond acceptors (Lipinski definition) is 1. The Labute approximate surface area is 122 Å². The highest BCUT2D eigenvalue weighted by molar-refractivity contribution is 5.87. The van der Waals surface area contributed by atoms with Crippen LogP contribution in [0, 0.1) is 5.92 Å². The van der Waals surface area contributed by atoms with Crippen LogP contribution < -0.4 is 0 Å². The zero-order valence-corrected chi connectivity index (χ0v) is 12.6. The number of benzene rings is 2. The Morgan fingerprint density at radius 3 is 2.25 bits per heavy atom. The molecular weight excluding hydrogens is 244 g/mol.